The van der Waals surface area contributed by atoms with Gasteiger partial charge in [-0.3, -0.25) is 9.78 Å². The van der Waals surface area contributed by atoms with E-state index in [-0.39, 0.29) is 4.88 Å². The molecule has 0 fully saturated rings. The zero-order chi connectivity index (χ0) is 16.3. The summed E-state index contributed by atoms with van der Waals surface area (Å²) in [5, 5.41) is 3.88. The zero-order valence-electron chi connectivity index (χ0n) is 11.4. The molecule has 1 N–H and O–H groups in total. The molecule has 0 aliphatic carbocycles. The van der Waals surface area contributed by atoms with Crippen LogP contribution in [0.5, 0.6) is 0 Å². The van der Waals surface area contributed by atoms with Gasteiger partial charge < -0.3 is 5.32 Å². The van der Waals surface area contributed by atoms with Gasteiger partial charge in [-0.25, -0.2) is 8.42 Å². The van der Waals surface area contributed by atoms with Crippen LogP contribution in [0.15, 0.2) is 40.9 Å². The van der Waals surface area contributed by atoms with E-state index < -0.39 is 32.4 Å². The van der Waals surface area contributed by atoms with E-state index in [1.165, 1.54) is 5.38 Å². The van der Waals surface area contributed by atoms with Crippen LogP contribution in [0.4, 0.5) is 8.78 Å². The maximum Gasteiger partial charge on any atom is 0.341 e. The van der Waals surface area contributed by atoms with Crippen molar-refractivity contribution < 1.29 is 22.0 Å². The second-order valence-electron chi connectivity index (χ2n) is 4.40. The van der Waals surface area contributed by atoms with Crippen LogP contribution in [-0.4, -0.2) is 25.1 Å². The lowest BCUT2D eigenvalue weighted by Gasteiger charge is -2.14. The maximum atomic E-state index is 12.6. The molecule has 9 heteroatoms. The molecule has 22 heavy (non-hydrogen) atoms. The minimum absolute atomic E-state index is 0.249. The van der Waals surface area contributed by atoms with Gasteiger partial charge in [-0.15, -0.1) is 11.3 Å². The van der Waals surface area contributed by atoms with Crippen LogP contribution < -0.4 is 5.32 Å². The fourth-order valence-electron chi connectivity index (χ4n) is 1.78. The molecule has 0 aromatic carbocycles. The number of amides is 1. The lowest BCUT2D eigenvalue weighted by molar-refractivity contribution is 0.0941. The molecule has 0 aliphatic rings. The van der Waals surface area contributed by atoms with Gasteiger partial charge >= 0.3 is 5.76 Å². The van der Waals surface area contributed by atoms with Crippen LogP contribution in [0.1, 0.15) is 28.2 Å². The van der Waals surface area contributed by atoms with Crippen molar-refractivity contribution in [2.45, 2.75) is 23.6 Å². The standard InChI is InChI=1S/C13H12F2N2O3S2/c1-8(9-2-5-16-6-3-9)17-12(18)11-10(4-7-21-11)22(19,20)13(14)15/h2-8,13H,1H3,(H,17,18)/t8-/m1/s1. The van der Waals surface area contributed by atoms with Gasteiger partial charge in [-0.2, -0.15) is 8.78 Å². The van der Waals surface area contributed by atoms with E-state index in [9.17, 15) is 22.0 Å². The lowest BCUT2D eigenvalue weighted by Crippen LogP contribution is -2.27. The molecule has 2 aromatic rings. The summed E-state index contributed by atoms with van der Waals surface area (Å²) in [7, 11) is -4.80. The highest BCUT2D eigenvalue weighted by atomic mass is 32.2. The molecule has 0 saturated heterocycles. The third-order valence-electron chi connectivity index (χ3n) is 2.93. The van der Waals surface area contributed by atoms with E-state index in [1.807, 2.05) is 0 Å². The quantitative estimate of drug-likeness (QED) is 0.903. The Morgan fingerprint density at radius 2 is 1.91 bits per heavy atom. The van der Waals surface area contributed by atoms with Crippen molar-refractivity contribution in [3.8, 4) is 0 Å². The smallest absolute Gasteiger partial charge is 0.341 e. The van der Waals surface area contributed by atoms with Gasteiger partial charge in [0, 0.05) is 12.4 Å². The van der Waals surface area contributed by atoms with E-state index in [4.69, 9.17) is 0 Å². The fourth-order valence-corrected chi connectivity index (χ4v) is 3.85. The van der Waals surface area contributed by atoms with Crippen LogP contribution in [0.3, 0.4) is 0 Å². The first-order valence-electron chi connectivity index (χ1n) is 6.14. The van der Waals surface area contributed by atoms with Crippen molar-refractivity contribution in [3.63, 3.8) is 0 Å². The van der Waals surface area contributed by atoms with Crippen LogP contribution in [-0.2, 0) is 9.84 Å². The van der Waals surface area contributed by atoms with E-state index >= 15 is 0 Å². The summed E-state index contributed by atoms with van der Waals surface area (Å²) >= 11 is 0.802. The molecule has 118 valence electrons. The number of sulfone groups is 1. The van der Waals surface area contributed by atoms with Gasteiger partial charge in [0.2, 0.25) is 9.84 Å². The second kappa shape index (κ2) is 6.49. The van der Waals surface area contributed by atoms with Gasteiger partial charge in [0.25, 0.3) is 5.91 Å². The molecule has 0 saturated carbocycles. The highest BCUT2D eigenvalue weighted by molar-refractivity contribution is 7.92. The Bertz CT molecular complexity index is 761. The Morgan fingerprint density at radius 3 is 2.50 bits per heavy atom. The van der Waals surface area contributed by atoms with E-state index in [0.717, 1.165) is 23.0 Å². The van der Waals surface area contributed by atoms with Crippen LogP contribution in [0.2, 0.25) is 0 Å². The average molecular weight is 346 g/mol. The van der Waals surface area contributed by atoms with Crippen LogP contribution >= 0.6 is 11.3 Å². The first-order valence-corrected chi connectivity index (χ1v) is 8.57. The Morgan fingerprint density at radius 1 is 1.27 bits per heavy atom. The molecule has 2 rings (SSSR count). The largest absolute Gasteiger partial charge is 0.345 e. The number of rotatable bonds is 5. The Balaban J connectivity index is 2.24. The highest BCUT2D eigenvalue weighted by Gasteiger charge is 2.32. The van der Waals surface area contributed by atoms with E-state index in [0.29, 0.717) is 0 Å². The third-order valence-corrected chi connectivity index (χ3v) is 5.39. The molecular formula is C13H12F2N2O3S2. The van der Waals surface area contributed by atoms with Gasteiger partial charge in [0.15, 0.2) is 0 Å². The number of pyridine rings is 1. The number of aromatic nitrogens is 1. The third kappa shape index (κ3) is 3.30. The molecule has 5 nitrogen and oxygen atoms in total. The fraction of sp³-hybridized carbons (Fsp3) is 0.231. The minimum atomic E-state index is -4.80. The summed E-state index contributed by atoms with van der Waals surface area (Å²) < 4.78 is 48.3. The number of alkyl halides is 2. The highest BCUT2D eigenvalue weighted by Crippen LogP contribution is 2.27. The molecule has 0 unspecified atom stereocenters. The number of hydrogen-bond acceptors (Lipinski definition) is 5. The van der Waals surface area contributed by atoms with Crippen molar-refractivity contribution in [1.82, 2.24) is 10.3 Å². The van der Waals surface area contributed by atoms with Gasteiger partial charge in [-0.1, -0.05) is 0 Å². The summed E-state index contributed by atoms with van der Waals surface area (Å²) in [4.78, 5) is 15.1. The number of carbonyl (C=O) groups is 1. The van der Waals surface area contributed by atoms with E-state index in [1.54, 1.807) is 31.5 Å². The van der Waals surface area contributed by atoms with Gasteiger partial charge in [0.05, 0.1) is 10.9 Å². The summed E-state index contributed by atoms with van der Waals surface area (Å²) in [6.07, 6.45) is 3.10. The molecular weight excluding hydrogens is 334 g/mol. The Kier molecular flexibility index (Phi) is 4.87. The first-order chi connectivity index (χ1) is 10.3. The predicted octanol–water partition coefficient (Wildman–Crippen LogP) is 2.63. The average Bonchev–Trinajstić information content (AvgIpc) is 2.98. The number of nitrogens with zero attached hydrogens (tertiary/aromatic N) is 1. The lowest BCUT2D eigenvalue weighted by atomic mass is 10.1. The van der Waals surface area contributed by atoms with Gasteiger partial charge in [0.1, 0.15) is 4.88 Å². The maximum absolute atomic E-state index is 12.6. The molecule has 0 spiro atoms. The molecule has 1 amide bonds. The number of nitrogens with one attached hydrogen (secondary N) is 1. The number of hydrogen-bond donors (Lipinski definition) is 1. The summed E-state index contributed by atoms with van der Waals surface area (Å²) in [5.74, 6) is -4.27. The predicted molar refractivity (Wildman–Crippen MR) is 77.6 cm³/mol. The zero-order valence-corrected chi connectivity index (χ0v) is 13.0. The monoisotopic (exact) mass is 346 g/mol. The first kappa shape index (κ1) is 16.5. The summed E-state index contributed by atoms with van der Waals surface area (Å²) in [5.41, 5.74) is 0.762. The topological polar surface area (TPSA) is 76.1 Å². The van der Waals surface area contributed by atoms with Crippen molar-refractivity contribution in [3.05, 3.63) is 46.4 Å². The molecule has 0 aliphatic heterocycles. The van der Waals surface area contributed by atoms with Crippen molar-refractivity contribution >= 4 is 27.1 Å². The van der Waals surface area contributed by atoms with Crippen molar-refractivity contribution in [2.24, 2.45) is 0 Å². The summed E-state index contributed by atoms with van der Waals surface area (Å²) in [6.45, 7) is 1.70. The van der Waals surface area contributed by atoms with Gasteiger partial charge in [-0.05, 0) is 36.1 Å². The Labute approximate surface area is 129 Å². The Hall–Kier alpha value is -1.87. The molecule has 1 atom stereocenters. The minimum Gasteiger partial charge on any atom is -0.345 e. The van der Waals surface area contributed by atoms with Crippen molar-refractivity contribution in [2.75, 3.05) is 0 Å². The number of halogens is 2. The molecule has 0 bridgehead atoms. The number of carbonyl (C=O) groups excluding carboxylic acids is 1. The SMILES string of the molecule is C[C@@H](NC(=O)c1sccc1S(=O)(=O)C(F)F)c1ccncc1. The van der Waals surface area contributed by atoms with Crippen LogP contribution in [0.25, 0.3) is 0 Å². The second-order valence-corrected chi connectivity index (χ2v) is 7.20. The molecule has 0 radical (unpaired) electrons. The van der Waals surface area contributed by atoms with E-state index in [2.05, 4.69) is 10.3 Å². The van der Waals surface area contributed by atoms with Crippen molar-refractivity contribution in [1.29, 1.82) is 0 Å². The normalized spacial score (nSPS) is 13.1. The molecule has 2 heterocycles. The summed E-state index contributed by atoms with van der Waals surface area (Å²) in [6, 6.07) is 3.98. The molecule has 2 aromatic heterocycles. The van der Waals surface area contributed by atoms with Crippen LogP contribution in [0, 0.1) is 0 Å². The number of thiophene rings is 1.